The molecule has 4 rings (SSSR count). The summed E-state index contributed by atoms with van der Waals surface area (Å²) in [5.41, 5.74) is 1.73. The first-order valence-corrected chi connectivity index (χ1v) is 15.2. The summed E-state index contributed by atoms with van der Waals surface area (Å²) in [6.07, 6.45) is -5.39. The largest absolute Gasteiger partial charge is 0.465 e. The highest BCUT2D eigenvalue weighted by Crippen LogP contribution is 2.41. The minimum absolute atomic E-state index is 0.144. The van der Waals surface area contributed by atoms with Crippen LogP contribution in [0.25, 0.3) is 11.1 Å². The maximum Gasteiger partial charge on any atom is 0.416 e. The van der Waals surface area contributed by atoms with E-state index in [0.29, 0.717) is 24.9 Å². The molecular weight excluding hydrogens is 580 g/mol. The Balaban J connectivity index is 1.64. The van der Waals surface area contributed by atoms with Gasteiger partial charge in [0, 0.05) is 6.54 Å². The molecule has 238 valence electrons. The molecule has 1 atom stereocenters. The van der Waals surface area contributed by atoms with Crippen molar-refractivity contribution < 1.29 is 35.9 Å². The van der Waals surface area contributed by atoms with E-state index in [1.165, 1.54) is 24.3 Å². The molecule has 3 aromatic carbocycles. The standard InChI is InChI=1S/C35H39F6NO2/c1-4-17-33(5-2,32(43)44-6-3)31-21-27(25-9-13-30(14-10-25)35(39,40)41)20-28(22-31)26-15-18-42(19-16-26)23-24-7-11-29(12-8-24)34(36,37)38/h7-14,20-22,26H,4-6,15-19,23H2,1-3H3. The summed E-state index contributed by atoms with van der Waals surface area (Å²) in [4.78, 5) is 15.7. The number of piperidine rings is 1. The van der Waals surface area contributed by atoms with Crippen LogP contribution in [0.5, 0.6) is 0 Å². The van der Waals surface area contributed by atoms with Gasteiger partial charge in [-0.05, 0) is 110 Å². The summed E-state index contributed by atoms with van der Waals surface area (Å²) < 4.78 is 84.2. The molecule has 0 aromatic heterocycles. The molecule has 1 aliphatic rings. The van der Waals surface area contributed by atoms with E-state index in [-0.39, 0.29) is 18.5 Å². The molecule has 0 bridgehead atoms. The number of carbonyl (C=O) groups is 1. The van der Waals surface area contributed by atoms with Crippen molar-refractivity contribution in [2.24, 2.45) is 0 Å². The summed E-state index contributed by atoms with van der Waals surface area (Å²) >= 11 is 0. The molecule has 44 heavy (non-hydrogen) atoms. The lowest BCUT2D eigenvalue weighted by atomic mass is 9.72. The summed E-state index contributed by atoms with van der Waals surface area (Å²) in [6, 6.07) is 16.3. The molecule has 1 aliphatic heterocycles. The molecule has 0 aliphatic carbocycles. The van der Waals surface area contributed by atoms with Crippen LogP contribution in [0.15, 0.2) is 66.7 Å². The van der Waals surface area contributed by atoms with E-state index >= 15 is 0 Å². The quantitative estimate of drug-likeness (QED) is 0.167. The molecular formula is C35H39F6NO2. The Morgan fingerprint density at radius 1 is 0.773 bits per heavy atom. The summed E-state index contributed by atoms with van der Waals surface area (Å²) in [5.74, 6) is -0.156. The molecule has 0 radical (unpaired) electrons. The van der Waals surface area contributed by atoms with Gasteiger partial charge < -0.3 is 4.74 Å². The Hall–Kier alpha value is -3.33. The van der Waals surface area contributed by atoms with Crippen molar-refractivity contribution in [3.05, 3.63) is 94.5 Å². The average molecular weight is 620 g/mol. The van der Waals surface area contributed by atoms with E-state index in [0.717, 1.165) is 78.9 Å². The Morgan fingerprint density at radius 3 is 1.84 bits per heavy atom. The topological polar surface area (TPSA) is 29.5 Å². The molecule has 1 saturated heterocycles. The van der Waals surface area contributed by atoms with E-state index in [1.807, 2.05) is 26.0 Å². The number of benzene rings is 3. The smallest absolute Gasteiger partial charge is 0.416 e. The predicted molar refractivity (Wildman–Crippen MR) is 159 cm³/mol. The highest BCUT2D eigenvalue weighted by atomic mass is 19.4. The number of likely N-dealkylation sites (tertiary alicyclic amines) is 1. The van der Waals surface area contributed by atoms with Crippen LogP contribution in [0.4, 0.5) is 26.3 Å². The van der Waals surface area contributed by atoms with Crippen LogP contribution in [0.1, 0.15) is 86.6 Å². The van der Waals surface area contributed by atoms with Gasteiger partial charge in [-0.25, -0.2) is 0 Å². The van der Waals surface area contributed by atoms with Gasteiger partial charge in [-0.15, -0.1) is 0 Å². The van der Waals surface area contributed by atoms with Crippen molar-refractivity contribution in [2.45, 2.75) is 83.1 Å². The van der Waals surface area contributed by atoms with Gasteiger partial charge in [-0.2, -0.15) is 26.3 Å². The highest BCUT2D eigenvalue weighted by Gasteiger charge is 2.40. The maximum atomic E-state index is 13.5. The van der Waals surface area contributed by atoms with Crippen LogP contribution in [-0.2, 0) is 33.8 Å². The van der Waals surface area contributed by atoms with Gasteiger partial charge in [-0.1, -0.05) is 56.7 Å². The van der Waals surface area contributed by atoms with E-state index in [9.17, 15) is 31.1 Å². The maximum absolute atomic E-state index is 13.5. The second-order valence-corrected chi connectivity index (χ2v) is 11.6. The lowest BCUT2D eigenvalue weighted by Gasteiger charge is -2.35. The van der Waals surface area contributed by atoms with Crippen molar-refractivity contribution in [3.63, 3.8) is 0 Å². The molecule has 9 heteroatoms. The number of esters is 1. The van der Waals surface area contributed by atoms with E-state index in [2.05, 4.69) is 11.0 Å². The fourth-order valence-corrected chi connectivity index (χ4v) is 6.25. The molecule has 1 fully saturated rings. The summed E-state index contributed by atoms with van der Waals surface area (Å²) in [6.45, 7) is 7.99. The predicted octanol–water partition coefficient (Wildman–Crippen LogP) is 9.78. The number of rotatable bonds is 10. The summed E-state index contributed by atoms with van der Waals surface area (Å²) in [5, 5.41) is 0. The third-order valence-corrected chi connectivity index (χ3v) is 8.75. The van der Waals surface area contributed by atoms with Gasteiger partial charge in [0.2, 0.25) is 0 Å². The number of alkyl halides is 6. The molecule has 0 amide bonds. The Morgan fingerprint density at radius 2 is 1.34 bits per heavy atom. The number of hydrogen-bond donors (Lipinski definition) is 0. The zero-order valence-corrected chi connectivity index (χ0v) is 25.3. The third-order valence-electron chi connectivity index (χ3n) is 8.75. The fourth-order valence-electron chi connectivity index (χ4n) is 6.25. The monoisotopic (exact) mass is 619 g/mol. The lowest BCUT2D eigenvalue weighted by Crippen LogP contribution is -2.37. The van der Waals surface area contributed by atoms with E-state index in [1.54, 1.807) is 6.92 Å². The van der Waals surface area contributed by atoms with Gasteiger partial charge >= 0.3 is 18.3 Å². The Kier molecular flexibility index (Phi) is 10.5. The van der Waals surface area contributed by atoms with Gasteiger partial charge in [0.25, 0.3) is 0 Å². The Bertz CT molecular complexity index is 1390. The molecule has 0 spiro atoms. The number of carbonyl (C=O) groups excluding carboxylic acids is 1. The molecule has 3 nitrogen and oxygen atoms in total. The van der Waals surface area contributed by atoms with Crippen molar-refractivity contribution in [3.8, 4) is 11.1 Å². The van der Waals surface area contributed by atoms with Crippen molar-refractivity contribution in [2.75, 3.05) is 19.7 Å². The number of nitrogens with zero attached hydrogens (tertiary/aromatic N) is 1. The molecule has 1 heterocycles. The minimum Gasteiger partial charge on any atom is -0.465 e. The first-order valence-electron chi connectivity index (χ1n) is 15.2. The van der Waals surface area contributed by atoms with Crippen LogP contribution in [-0.4, -0.2) is 30.6 Å². The highest BCUT2D eigenvalue weighted by molar-refractivity contribution is 5.84. The molecule has 0 N–H and O–H groups in total. The average Bonchev–Trinajstić information content (AvgIpc) is 2.99. The lowest BCUT2D eigenvalue weighted by molar-refractivity contribution is -0.151. The van der Waals surface area contributed by atoms with Gasteiger partial charge in [0.15, 0.2) is 0 Å². The van der Waals surface area contributed by atoms with Crippen LogP contribution in [0.3, 0.4) is 0 Å². The van der Waals surface area contributed by atoms with Crippen LogP contribution in [0, 0.1) is 0 Å². The van der Waals surface area contributed by atoms with E-state index in [4.69, 9.17) is 4.74 Å². The van der Waals surface area contributed by atoms with Crippen LogP contribution >= 0.6 is 0 Å². The molecule has 0 saturated carbocycles. The van der Waals surface area contributed by atoms with Crippen molar-refractivity contribution in [1.82, 2.24) is 4.90 Å². The summed E-state index contributed by atoms with van der Waals surface area (Å²) in [7, 11) is 0. The Labute approximate surface area is 255 Å². The van der Waals surface area contributed by atoms with Crippen LogP contribution in [0.2, 0.25) is 0 Å². The third kappa shape index (κ3) is 7.65. The second kappa shape index (κ2) is 13.8. The SMILES string of the molecule is CCCC(CC)(C(=O)OCC)c1cc(-c2ccc(C(F)(F)F)cc2)cc(C2CCN(Cc3ccc(C(F)(F)F)cc3)CC2)c1. The normalized spacial score (nSPS) is 16.5. The van der Waals surface area contributed by atoms with Gasteiger partial charge in [0.1, 0.15) is 0 Å². The van der Waals surface area contributed by atoms with Gasteiger partial charge in [-0.3, -0.25) is 9.69 Å². The van der Waals surface area contributed by atoms with Crippen molar-refractivity contribution >= 4 is 5.97 Å². The zero-order valence-electron chi connectivity index (χ0n) is 25.3. The number of hydrogen-bond acceptors (Lipinski definition) is 3. The number of halogens is 6. The minimum atomic E-state index is -4.44. The molecule has 1 unspecified atom stereocenters. The van der Waals surface area contributed by atoms with Crippen LogP contribution < -0.4 is 0 Å². The number of ether oxygens (including phenoxy) is 1. The van der Waals surface area contributed by atoms with Crippen molar-refractivity contribution in [1.29, 1.82) is 0 Å². The fraction of sp³-hybridized carbons (Fsp3) is 0.457. The van der Waals surface area contributed by atoms with Gasteiger partial charge in [0.05, 0.1) is 23.1 Å². The first-order chi connectivity index (χ1) is 20.8. The van der Waals surface area contributed by atoms with E-state index < -0.39 is 28.9 Å². The first kappa shape index (κ1) is 33.6. The zero-order chi connectivity index (χ0) is 32.1. The second-order valence-electron chi connectivity index (χ2n) is 11.6. The molecule has 3 aromatic rings.